The molecule has 0 saturated carbocycles. The van der Waals surface area contributed by atoms with E-state index in [4.69, 9.17) is 5.73 Å². The zero-order valence-corrected chi connectivity index (χ0v) is 10.0. The molecule has 0 fully saturated rings. The van der Waals surface area contributed by atoms with Crippen molar-refractivity contribution >= 4 is 11.6 Å². The first-order valence-corrected chi connectivity index (χ1v) is 5.88. The number of imidazole rings is 1. The van der Waals surface area contributed by atoms with Gasteiger partial charge in [0.25, 0.3) is 5.91 Å². The van der Waals surface area contributed by atoms with Crippen molar-refractivity contribution in [3.63, 3.8) is 0 Å². The maximum Gasteiger partial charge on any atom is 0.251 e. The molecule has 0 atom stereocenters. The number of aryl methyl sites for hydroxylation is 1. The molecule has 2 rings (SSSR count). The van der Waals surface area contributed by atoms with Gasteiger partial charge < -0.3 is 16.0 Å². The Labute approximate surface area is 105 Å². The molecule has 94 valence electrons. The molecule has 1 aromatic carbocycles. The number of aromatic amines is 1. The molecule has 2 aromatic rings. The van der Waals surface area contributed by atoms with Crippen molar-refractivity contribution in [1.82, 2.24) is 15.3 Å². The van der Waals surface area contributed by atoms with E-state index in [1.54, 1.807) is 36.7 Å². The standard InChI is InChI=1S/C13H16N4O/c14-11-4-1-3-10(9-11)13(18)17-6-2-5-12-15-7-8-16-12/h1,3-4,7-9H,2,5-6,14H2,(H,15,16)(H,17,18). The fraction of sp³-hybridized carbons (Fsp3) is 0.231. The number of carbonyl (C=O) groups is 1. The molecule has 1 heterocycles. The van der Waals surface area contributed by atoms with Gasteiger partial charge in [-0.2, -0.15) is 0 Å². The second kappa shape index (κ2) is 5.86. The molecule has 18 heavy (non-hydrogen) atoms. The van der Waals surface area contributed by atoms with Crippen molar-refractivity contribution in [1.29, 1.82) is 0 Å². The summed E-state index contributed by atoms with van der Waals surface area (Å²) in [5, 5.41) is 2.85. The summed E-state index contributed by atoms with van der Waals surface area (Å²) in [5.41, 5.74) is 6.81. The highest BCUT2D eigenvalue weighted by atomic mass is 16.1. The Kier molecular flexibility index (Phi) is 3.96. The number of H-pyrrole nitrogens is 1. The third-order valence-electron chi connectivity index (χ3n) is 2.58. The topological polar surface area (TPSA) is 83.8 Å². The van der Waals surface area contributed by atoms with Crippen LogP contribution in [0.2, 0.25) is 0 Å². The zero-order valence-electron chi connectivity index (χ0n) is 10.0. The smallest absolute Gasteiger partial charge is 0.251 e. The molecule has 0 bridgehead atoms. The number of nitrogens with zero attached hydrogens (tertiary/aromatic N) is 1. The van der Waals surface area contributed by atoms with Crippen molar-refractivity contribution in [3.05, 3.63) is 48.0 Å². The summed E-state index contributed by atoms with van der Waals surface area (Å²) in [6.07, 6.45) is 5.19. The number of benzene rings is 1. The first-order valence-electron chi connectivity index (χ1n) is 5.88. The van der Waals surface area contributed by atoms with Gasteiger partial charge in [-0.3, -0.25) is 4.79 Å². The Hall–Kier alpha value is -2.30. The second-order valence-corrected chi connectivity index (χ2v) is 4.02. The highest BCUT2D eigenvalue weighted by molar-refractivity contribution is 5.94. The van der Waals surface area contributed by atoms with Gasteiger partial charge in [0.15, 0.2) is 0 Å². The van der Waals surface area contributed by atoms with Gasteiger partial charge in [0.2, 0.25) is 0 Å². The van der Waals surface area contributed by atoms with Crippen LogP contribution in [-0.2, 0) is 6.42 Å². The predicted molar refractivity (Wildman–Crippen MR) is 70.1 cm³/mol. The number of nitrogens with one attached hydrogen (secondary N) is 2. The third-order valence-corrected chi connectivity index (χ3v) is 2.58. The maximum absolute atomic E-state index is 11.8. The molecule has 5 heteroatoms. The lowest BCUT2D eigenvalue weighted by atomic mass is 10.2. The molecule has 0 aliphatic rings. The van der Waals surface area contributed by atoms with Gasteiger partial charge in [-0.05, 0) is 24.6 Å². The Morgan fingerprint density at radius 2 is 2.33 bits per heavy atom. The minimum Gasteiger partial charge on any atom is -0.399 e. The maximum atomic E-state index is 11.8. The number of rotatable bonds is 5. The highest BCUT2D eigenvalue weighted by Crippen LogP contribution is 2.06. The molecule has 1 aromatic heterocycles. The van der Waals surface area contributed by atoms with E-state index >= 15 is 0 Å². The van der Waals surface area contributed by atoms with Gasteiger partial charge in [-0.15, -0.1) is 0 Å². The molecule has 0 unspecified atom stereocenters. The van der Waals surface area contributed by atoms with E-state index in [0.29, 0.717) is 17.8 Å². The SMILES string of the molecule is Nc1cccc(C(=O)NCCCc2ncc[nH]2)c1. The Bertz CT molecular complexity index is 507. The minimum absolute atomic E-state index is 0.0956. The minimum atomic E-state index is -0.0956. The summed E-state index contributed by atoms with van der Waals surface area (Å²) < 4.78 is 0. The highest BCUT2D eigenvalue weighted by Gasteiger charge is 2.04. The van der Waals surface area contributed by atoms with Crippen LogP contribution in [0.5, 0.6) is 0 Å². The van der Waals surface area contributed by atoms with E-state index in [1.807, 2.05) is 0 Å². The molecule has 5 nitrogen and oxygen atoms in total. The van der Waals surface area contributed by atoms with Crippen LogP contribution in [-0.4, -0.2) is 22.4 Å². The lowest BCUT2D eigenvalue weighted by Crippen LogP contribution is -2.24. The molecule has 0 aliphatic carbocycles. The summed E-state index contributed by atoms with van der Waals surface area (Å²) in [6, 6.07) is 6.95. The predicted octanol–water partition coefficient (Wildman–Crippen LogP) is 1.35. The van der Waals surface area contributed by atoms with Crippen LogP contribution >= 0.6 is 0 Å². The number of nitrogen functional groups attached to an aromatic ring is 1. The third kappa shape index (κ3) is 3.35. The Morgan fingerprint density at radius 3 is 3.06 bits per heavy atom. The van der Waals surface area contributed by atoms with Gasteiger partial charge in [0, 0.05) is 36.6 Å². The lowest BCUT2D eigenvalue weighted by molar-refractivity contribution is 0.0953. The van der Waals surface area contributed by atoms with Crippen molar-refractivity contribution in [2.24, 2.45) is 0 Å². The monoisotopic (exact) mass is 244 g/mol. The molecular formula is C13H16N4O. The summed E-state index contributed by atoms with van der Waals surface area (Å²) in [4.78, 5) is 18.9. The molecule has 0 aliphatic heterocycles. The molecule has 1 amide bonds. The summed E-state index contributed by atoms with van der Waals surface area (Å²) in [5.74, 6) is 0.843. The van der Waals surface area contributed by atoms with Crippen molar-refractivity contribution in [3.8, 4) is 0 Å². The van der Waals surface area contributed by atoms with Gasteiger partial charge in [-0.1, -0.05) is 6.07 Å². The number of amides is 1. The quantitative estimate of drug-likeness (QED) is 0.548. The van der Waals surface area contributed by atoms with E-state index < -0.39 is 0 Å². The number of hydrogen-bond acceptors (Lipinski definition) is 3. The first-order chi connectivity index (χ1) is 8.75. The lowest BCUT2D eigenvalue weighted by Gasteiger charge is -2.05. The van der Waals surface area contributed by atoms with Crippen molar-refractivity contribution < 1.29 is 4.79 Å². The van der Waals surface area contributed by atoms with Gasteiger partial charge in [0.1, 0.15) is 5.82 Å². The second-order valence-electron chi connectivity index (χ2n) is 4.02. The van der Waals surface area contributed by atoms with Gasteiger partial charge in [-0.25, -0.2) is 4.98 Å². The number of carbonyl (C=O) groups excluding carboxylic acids is 1. The fourth-order valence-electron chi connectivity index (χ4n) is 1.67. The Morgan fingerprint density at radius 1 is 1.44 bits per heavy atom. The molecule has 4 N–H and O–H groups in total. The first kappa shape index (κ1) is 12.2. The van der Waals surface area contributed by atoms with Gasteiger partial charge >= 0.3 is 0 Å². The number of hydrogen-bond donors (Lipinski definition) is 3. The van der Waals surface area contributed by atoms with E-state index in [1.165, 1.54) is 0 Å². The number of aromatic nitrogens is 2. The Balaban J connectivity index is 1.75. The van der Waals surface area contributed by atoms with E-state index in [0.717, 1.165) is 18.7 Å². The van der Waals surface area contributed by atoms with Crippen molar-refractivity contribution in [2.75, 3.05) is 12.3 Å². The largest absolute Gasteiger partial charge is 0.399 e. The van der Waals surface area contributed by atoms with Crippen molar-refractivity contribution in [2.45, 2.75) is 12.8 Å². The zero-order chi connectivity index (χ0) is 12.8. The van der Waals surface area contributed by atoms with Crippen LogP contribution in [0.3, 0.4) is 0 Å². The molecule has 0 spiro atoms. The average molecular weight is 244 g/mol. The van der Waals surface area contributed by atoms with E-state index in [9.17, 15) is 4.79 Å². The number of nitrogens with two attached hydrogens (primary N) is 1. The van der Waals surface area contributed by atoms with Crippen LogP contribution in [0.25, 0.3) is 0 Å². The van der Waals surface area contributed by atoms with Crippen LogP contribution in [0.4, 0.5) is 5.69 Å². The summed E-state index contributed by atoms with van der Waals surface area (Å²) >= 11 is 0. The fourth-order valence-corrected chi connectivity index (χ4v) is 1.67. The van der Waals surface area contributed by atoms with E-state index in [2.05, 4.69) is 15.3 Å². The molecular weight excluding hydrogens is 228 g/mol. The van der Waals surface area contributed by atoms with Crippen LogP contribution in [0.15, 0.2) is 36.7 Å². The average Bonchev–Trinajstić information content (AvgIpc) is 2.87. The molecule has 0 saturated heterocycles. The van der Waals surface area contributed by atoms with Crippen LogP contribution in [0, 0.1) is 0 Å². The molecule has 0 radical (unpaired) electrons. The van der Waals surface area contributed by atoms with Gasteiger partial charge in [0.05, 0.1) is 0 Å². The van der Waals surface area contributed by atoms with Crippen LogP contribution < -0.4 is 11.1 Å². The summed E-state index contributed by atoms with van der Waals surface area (Å²) in [6.45, 7) is 0.619. The summed E-state index contributed by atoms with van der Waals surface area (Å²) in [7, 11) is 0. The van der Waals surface area contributed by atoms with Crippen LogP contribution in [0.1, 0.15) is 22.6 Å². The van der Waals surface area contributed by atoms with E-state index in [-0.39, 0.29) is 5.91 Å². The number of anilines is 1. The normalized spacial score (nSPS) is 10.2.